The molecular weight excluding hydrogens is 292 g/mol. The summed E-state index contributed by atoms with van der Waals surface area (Å²) < 4.78 is 37.5. The summed E-state index contributed by atoms with van der Waals surface area (Å²) in [5.74, 6) is 0.709. The van der Waals surface area contributed by atoms with Gasteiger partial charge in [-0.1, -0.05) is 6.07 Å². The molecule has 0 saturated carbocycles. The summed E-state index contributed by atoms with van der Waals surface area (Å²) in [6.45, 7) is 0. The maximum absolute atomic E-state index is 12.4. The second-order valence-electron chi connectivity index (χ2n) is 4.25. The SMILES string of the molecule is COc1ccc(S(=O)(=O)Nc2cccc(N)c2)c(OC)c1. The number of rotatable bonds is 5. The minimum atomic E-state index is -3.78. The fraction of sp³-hybridized carbons (Fsp3) is 0.143. The highest BCUT2D eigenvalue weighted by atomic mass is 32.2. The molecule has 0 unspecified atom stereocenters. The predicted molar refractivity (Wildman–Crippen MR) is 81.2 cm³/mol. The normalized spacial score (nSPS) is 11.0. The van der Waals surface area contributed by atoms with Crippen LogP contribution in [0.2, 0.25) is 0 Å². The standard InChI is InChI=1S/C14H16N2O4S/c1-19-12-6-7-14(13(9-12)20-2)21(17,18)16-11-5-3-4-10(15)8-11/h3-9,16H,15H2,1-2H3. The third kappa shape index (κ3) is 3.38. The second kappa shape index (κ2) is 5.92. The van der Waals surface area contributed by atoms with E-state index in [0.29, 0.717) is 17.1 Å². The predicted octanol–water partition coefficient (Wildman–Crippen LogP) is 2.09. The van der Waals surface area contributed by atoms with Crippen LogP contribution in [0.3, 0.4) is 0 Å². The van der Waals surface area contributed by atoms with Crippen LogP contribution in [-0.4, -0.2) is 22.6 Å². The molecule has 6 nitrogen and oxygen atoms in total. The largest absolute Gasteiger partial charge is 0.497 e. The second-order valence-corrected chi connectivity index (χ2v) is 5.90. The molecule has 0 spiro atoms. The summed E-state index contributed by atoms with van der Waals surface area (Å²) in [5, 5.41) is 0. The molecule has 0 bridgehead atoms. The van der Waals surface area contributed by atoms with E-state index in [2.05, 4.69) is 4.72 Å². The molecule has 0 aliphatic rings. The van der Waals surface area contributed by atoms with Crippen LogP contribution in [0, 0.1) is 0 Å². The van der Waals surface area contributed by atoms with E-state index in [-0.39, 0.29) is 10.6 Å². The van der Waals surface area contributed by atoms with Crippen molar-refractivity contribution in [2.45, 2.75) is 4.90 Å². The number of nitrogens with one attached hydrogen (secondary N) is 1. The summed E-state index contributed by atoms with van der Waals surface area (Å²) in [6.07, 6.45) is 0. The van der Waals surface area contributed by atoms with Gasteiger partial charge in [-0.15, -0.1) is 0 Å². The lowest BCUT2D eigenvalue weighted by molar-refractivity contribution is 0.386. The maximum atomic E-state index is 12.4. The van der Waals surface area contributed by atoms with Crippen LogP contribution in [0.25, 0.3) is 0 Å². The van der Waals surface area contributed by atoms with Crippen molar-refractivity contribution in [1.82, 2.24) is 0 Å². The lowest BCUT2D eigenvalue weighted by Gasteiger charge is -2.13. The number of nitrogens with two attached hydrogens (primary N) is 1. The van der Waals surface area contributed by atoms with Gasteiger partial charge in [-0.3, -0.25) is 4.72 Å². The van der Waals surface area contributed by atoms with E-state index in [0.717, 1.165) is 0 Å². The number of benzene rings is 2. The molecule has 0 aliphatic carbocycles. The Balaban J connectivity index is 2.40. The molecule has 21 heavy (non-hydrogen) atoms. The zero-order valence-corrected chi connectivity index (χ0v) is 12.5. The summed E-state index contributed by atoms with van der Waals surface area (Å²) in [5.41, 5.74) is 6.49. The fourth-order valence-electron chi connectivity index (χ4n) is 1.81. The molecule has 0 radical (unpaired) electrons. The van der Waals surface area contributed by atoms with Gasteiger partial charge in [0.1, 0.15) is 16.4 Å². The van der Waals surface area contributed by atoms with Crippen molar-refractivity contribution in [3.63, 3.8) is 0 Å². The molecule has 2 aromatic rings. The Labute approximate surface area is 123 Å². The molecule has 112 valence electrons. The van der Waals surface area contributed by atoms with Gasteiger partial charge in [0.2, 0.25) is 0 Å². The third-order valence-corrected chi connectivity index (χ3v) is 4.22. The molecule has 7 heteroatoms. The van der Waals surface area contributed by atoms with Crippen molar-refractivity contribution >= 4 is 21.4 Å². The maximum Gasteiger partial charge on any atom is 0.265 e. The lowest BCUT2D eigenvalue weighted by Crippen LogP contribution is -2.14. The van der Waals surface area contributed by atoms with Crippen LogP contribution in [0.1, 0.15) is 0 Å². The number of methoxy groups -OCH3 is 2. The Morgan fingerprint density at radius 1 is 1.05 bits per heavy atom. The summed E-state index contributed by atoms with van der Waals surface area (Å²) in [7, 11) is -0.893. The molecule has 2 rings (SSSR count). The monoisotopic (exact) mass is 308 g/mol. The molecule has 0 aromatic heterocycles. The summed E-state index contributed by atoms with van der Waals surface area (Å²) in [6, 6.07) is 11.0. The van der Waals surface area contributed by atoms with Crippen molar-refractivity contribution in [1.29, 1.82) is 0 Å². The van der Waals surface area contributed by atoms with E-state index in [1.54, 1.807) is 24.3 Å². The smallest absolute Gasteiger partial charge is 0.265 e. The van der Waals surface area contributed by atoms with Gasteiger partial charge in [0.15, 0.2) is 0 Å². The summed E-state index contributed by atoms with van der Waals surface area (Å²) in [4.78, 5) is 0.0215. The quantitative estimate of drug-likeness (QED) is 0.825. The third-order valence-electron chi connectivity index (χ3n) is 2.80. The van der Waals surface area contributed by atoms with Crippen molar-refractivity contribution < 1.29 is 17.9 Å². The number of hydrogen-bond acceptors (Lipinski definition) is 5. The molecule has 0 aliphatic heterocycles. The van der Waals surface area contributed by atoms with Crippen molar-refractivity contribution in [3.05, 3.63) is 42.5 Å². The molecule has 3 N–H and O–H groups in total. The van der Waals surface area contributed by atoms with Crippen LogP contribution >= 0.6 is 0 Å². The molecule has 0 atom stereocenters. The average molecular weight is 308 g/mol. The van der Waals surface area contributed by atoms with E-state index in [4.69, 9.17) is 15.2 Å². The number of sulfonamides is 1. The Hall–Kier alpha value is -2.41. The number of ether oxygens (including phenoxy) is 2. The van der Waals surface area contributed by atoms with Gasteiger partial charge >= 0.3 is 0 Å². The van der Waals surface area contributed by atoms with Gasteiger partial charge < -0.3 is 15.2 Å². The van der Waals surface area contributed by atoms with Gasteiger partial charge in [-0.25, -0.2) is 8.42 Å². The first-order chi connectivity index (χ1) is 9.96. The number of nitrogen functional groups attached to an aromatic ring is 1. The van der Waals surface area contributed by atoms with Crippen LogP contribution in [-0.2, 0) is 10.0 Å². The highest BCUT2D eigenvalue weighted by Gasteiger charge is 2.20. The van der Waals surface area contributed by atoms with Crippen molar-refractivity contribution in [2.24, 2.45) is 0 Å². The Morgan fingerprint density at radius 2 is 1.81 bits per heavy atom. The van der Waals surface area contributed by atoms with Crippen LogP contribution < -0.4 is 19.9 Å². The Morgan fingerprint density at radius 3 is 2.43 bits per heavy atom. The topological polar surface area (TPSA) is 90.7 Å². The number of anilines is 2. The van der Waals surface area contributed by atoms with Gasteiger partial charge in [-0.05, 0) is 30.3 Å². The van der Waals surface area contributed by atoms with Gasteiger partial charge in [0.25, 0.3) is 10.0 Å². The molecule has 0 fully saturated rings. The Bertz CT molecular complexity index is 744. The Kier molecular flexibility index (Phi) is 4.23. The zero-order chi connectivity index (χ0) is 15.5. The molecule has 0 amide bonds. The first-order valence-corrected chi connectivity index (χ1v) is 7.55. The van der Waals surface area contributed by atoms with Gasteiger partial charge in [-0.2, -0.15) is 0 Å². The average Bonchev–Trinajstić information content (AvgIpc) is 2.46. The fourth-order valence-corrected chi connectivity index (χ4v) is 3.01. The van der Waals surface area contributed by atoms with E-state index in [9.17, 15) is 8.42 Å². The molecule has 2 aromatic carbocycles. The first-order valence-electron chi connectivity index (χ1n) is 6.06. The number of hydrogen-bond donors (Lipinski definition) is 2. The van der Waals surface area contributed by atoms with Gasteiger partial charge in [0.05, 0.1) is 19.9 Å². The minimum Gasteiger partial charge on any atom is -0.497 e. The zero-order valence-electron chi connectivity index (χ0n) is 11.7. The van der Waals surface area contributed by atoms with Crippen LogP contribution in [0.15, 0.2) is 47.4 Å². The van der Waals surface area contributed by atoms with E-state index in [1.807, 2.05) is 0 Å². The first kappa shape index (κ1) is 15.0. The van der Waals surface area contributed by atoms with Crippen LogP contribution in [0.4, 0.5) is 11.4 Å². The van der Waals surface area contributed by atoms with E-state index < -0.39 is 10.0 Å². The molecular formula is C14H16N2O4S. The van der Waals surface area contributed by atoms with Gasteiger partial charge in [0, 0.05) is 11.8 Å². The highest BCUT2D eigenvalue weighted by molar-refractivity contribution is 7.92. The highest BCUT2D eigenvalue weighted by Crippen LogP contribution is 2.29. The van der Waals surface area contributed by atoms with Crippen molar-refractivity contribution in [2.75, 3.05) is 24.7 Å². The van der Waals surface area contributed by atoms with Crippen molar-refractivity contribution in [3.8, 4) is 11.5 Å². The summed E-state index contributed by atoms with van der Waals surface area (Å²) >= 11 is 0. The minimum absolute atomic E-state index is 0.0215. The van der Waals surface area contributed by atoms with Crippen LogP contribution in [0.5, 0.6) is 11.5 Å². The lowest BCUT2D eigenvalue weighted by atomic mass is 10.3. The molecule has 0 heterocycles. The molecule has 0 saturated heterocycles. The van der Waals surface area contributed by atoms with E-state index >= 15 is 0 Å². The van der Waals surface area contributed by atoms with E-state index in [1.165, 1.54) is 32.4 Å².